The molecule has 0 unspecified atom stereocenters. The quantitative estimate of drug-likeness (QED) is 0.424. The molecular formula is C19H17BrN4S. The highest BCUT2D eigenvalue weighted by molar-refractivity contribution is 9.10. The van der Waals surface area contributed by atoms with E-state index in [-0.39, 0.29) is 0 Å². The number of fused-ring (bicyclic) bond motifs is 2. The van der Waals surface area contributed by atoms with Gasteiger partial charge in [-0.25, -0.2) is 9.97 Å². The monoisotopic (exact) mass is 412 g/mol. The van der Waals surface area contributed by atoms with Crippen molar-refractivity contribution < 1.29 is 0 Å². The van der Waals surface area contributed by atoms with Crippen LogP contribution in [-0.2, 0) is 7.05 Å². The predicted octanol–water partition coefficient (Wildman–Crippen LogP) is 5.37. The van der Waals surface area contributed by atoms with E-state index in [4.69, 9.17) is 9.97 Å². The third-order valence-electron chi connectivity index (χ3n) is 4.15. The normalized spacial score (nSPS) is 11.5. The average Bonchev–Trinajstić information content (AvgIpc) is 2.91. The van der Waals surface area contributed by atoms with Crippen LogP contribution in [0.25, 0.3) is 33.5 Å². The summed E-state index contributed by atoms with van der Waals surface area (Å²) in [5.41, 5.74) is 3.81. The predicted molar refractivity (Wildman–Crippen MR) is 108 cm³/mol. The van der Waals surface area contributed by atoms with E-state index in [1.807, 2.05) is 30.9 Å². The first-order valence-electron chi connectivity index (χ1n) is 8.09. The van der Waals surface area contributed by atoms with Crippen LogP contribution in [-0.4, -0.2) is 25.3 Å². The Morgan fingerprint density at radius 1 is 1.16 bits per heavy atom. The van der Waals surface area contributed by atoms with Crippen LogP contribution in [0.15, 0.2) is 46.0 Å². The molecule has 0 radical (unpaired) electrons. The summed E-state index contributed by atoms with van der Waals surface area (Å²) in [6, 6.07) is 8.39. The summed E-state index contributed by atoms with van der Waals surface area (Å²) in [6.07, 6.45) is 3.80. The zero-order valence-electron chi connectivity index (χ0n) is 14.2. The van der Waals surface area contributed by atoms with Crippen LogP contribution in [0.2, 0.25) is 0 Å². The molecule has 0 N–H and O–H groups in total. The summed E-state index contributed by atoms with van der Waals surface area (Å²) in [5.74, 6) is 1.83. The molecule has 0 amide bonds. The average molecular weight is 413 g/mol. The van der Waals surface area contributed by atoms with Crippen molar-refractivity contribution in [3.05, 3.63) is 46.7 Å². The van der Waals surface area contributed by atoms with E-state index >= 15 is 0 Å². The Balaban J connectivity index is 2.02. The first kappa shape index (κ1) is 16.5. The van der Waals surface area contributed by atoms with Crippen LogP contribution >= 0.6 is 27.7 Å². The Morgan fingerprint density at radius 2 is 2.00 bits per heavy atom. The summed E-state index contributed by atoms with van der Waals surface area (Å²) in [6.45, 7) is 4.19. The van der Waals surface area contributed by atoms with E-state index in [1.54, 1.807) is 11.8 Å². The summed E-state index contributed by atoms with van der Waals surface area (Å²) in [7, 11) is 2.00. The Morgan fingerprint density at radius 3 is 2.80 bits per heavy atom. The Kier molecular flexibility index (Phi) is 4.25. The molecule has 0 saturated carbocycles. The molecule has 4 nitrogen and oxygen atoms in total. The van der Waals surface area contributed by atoms with Crippen molar-refractivity contribution in [1.29, 1.82) is 0 Å². The molecule has 0 atom stereocenters. The zero-order chi connectivity index (χ0) is 17.6. The van der Waals surface area contributed by atoms with Crippen LogP contribution in [0.3, 0.4) is 0 Å². The Labute approximate surface area is 158 Å². The van der Waals surface area contributed by atoms with Gasteiger partial charge in [0.25, 0.3) is 0 Å². The first-order chi connectivity index (χ1) is 12.1. The van der Waals surface area contributed by atoms with Crippen LogP contribution < -0.4 is 0 Å². The van der Waals surface area contributed by atoms with Gasteiger partial charge in [-0.15, -0.1) is 11.8 Å². The minimum atomic E-state index is 0.855. The number of halogens is 1. The molecule has 6 heteroatoms. The lowest BCUT2D eigenvalue weighted by Crippen LogP contribution is -1.98. The Bertz CT molecular complexity index is 1100. The SMILES string of the molecule is CCSc1c(-c2nc3cc(C)cnc3n2C)ncc2cc(Br)ccc12. The van der Waals surface area contributed by atoms with Gasteiger partial charge in [0, 0.05) is 34.2 Å². The van der Waals surface area contributed by atoms with Gasteiger partial charge < -0.3 is 4.57 Å². The lowest BCUT2D eigenvalue weighted by molar-refractivity contribution is 0.929. The van der Waals surface area contributed by atoms with Crippen molar-refractivity contribution in [2.24, 2.45) is 7.05 Å². The van der Waals surface area contributed by atoms with E-state index in [2.05, 4.69) is 52.1 Å². The van der Waals surface area contributed by atoms with E-state index in [1.165, 1.54) is 10.3 Å². The summed E-state index contributed by atoms with van der Waals surface area (Å²) in [4.78, 5) is 15.3. The Hall–Kier alpha value is -1.92. The molecule has 25 heavy (non-hydrogen) atoms. The van der Waals surface area contributed by atoms with Gasteiger partial charge in [0.15, 0.2) is 11.5 Å². The third kappa shape index (κ3) is 2.83. The maximum Gasteiger partial charge on any atom is 0.161 e. The van der Waals surface area contributed by atoms with Gasteiger partial charge in [-0.3, -0.25) is 4.98 Å². The van der Waals surface area contributed by atoms with E-state index in [0.717, 1.165) is 43.9 Å². The molecule has 0 saturated heterocycles. The van der Waals surface area contributed by atoms with Crippen molar-refractivity contribution >= 4 is 49.6 Å². The molecule has 3 heterocycles. The molecule has 0 spiro atoms. The maximum absolute atomic E-state index is 4.83. The molecular weight excluding hydrogens is 396 g/mol. The zero-order valence-corrected chi connectivity index (χ0v) is 16.6. The second-order valence-corrected chi connectivity index (χ2v) is 8.14. The molecule has 4 rings (SSSR count). The minimum Gasteiger partial charge on any atom is -0.310 e. The number of hydrogen-bond acceptors (Lipinski definition) is 4. The van der Waals surface area contributed by atoms with E-state index in [9.17, 15) is 0 Å². The van der Waals surface area contributed by atoms with Gasteiger partial charge >= 0.3 is 0 Å². The number of aryl methyl sites for hydroxylation is 2. The molecule has 0 aliphatic carbocycles. The van der Waals surface area contributed by atoms with Crippen molar-refractivity contribution in [3.8, 4) is 11.5 Å². The van der Waals surface area contributed by atoms with Gasteiger partial charge in [0.1, 0.15) is 11.2 Å². The highest BCUT2D eigenvalue weighted by Crippen LogP contribution is 2.37. The smallest absolute Gasteiger partial charge is 0.161 e. The fraction of sp³-hybridized carbons (Fsp3) is 0.211. The maximum atomic E-state index is 4.83. The lowest BCUT2D eigenvalue weighted by atomic mass is 10.1. The summed E-state index contributed by atoms with van der Waals surface area (Å²) < 4.78 is 3.09. The fourth-order valence-electron chi connectivity index (χ4n) is 3.01. The second-order valence-electron chi connectivity index (χ2n) is 5.95. The number of aromatic nitrogens is 4. The summed E-state index contributed by atoms with van der Waals surface area (Å²) in [5, 5.41) is 2.33. The number of thioether (sulfide) groups is 1. The van der Waals surface area contributed by atoms with Gasteiger partial charge in [-0.2, -0.15) is 0 Å². The van der Waals surface area contributed by atoms with Crippen LogP contribution in [0.1, 0.15) is 12.5 Å². The molecule has 0 aliphatic heterocycles. The van der Waals surface area contributed by atoms with Crippen LogP contribution in [0.5, 0.6) is 0 Å². The fourth-order valence-corrected chi connectivity index (χ4v) is 4.30. The highest BCUT2D eigenvalue weighted by Gasteiger charge is 2.18. The number of imidazole rings is 1. The number of pyridine rings is 2. The van der Waals surface area contributed by atoms with Crippen molar-refractivity contribution in [2.75, 3.05) is 5.75 Å². The second kappa shape index (κ2) is 6.42. The van der Waals surface area contributed by atoms with E-state index < -0.39 is 0 Å². The molecule has 0 fully saturated rings. The number of rotatable bonds is 3. The van der Waals surface area contributed by atoms with E-state index in [0.29, 0.717) is 0 Å². The molecule has 4 aromatic rings. The molecule has 0 bridgehead atoms. The highest BCUT2D eigenvalue weighted by atomic mass is 79.9. The molecule has 3 aromatic heterocycles. The van der Waals surface area contributed by atoms with Crippen LogP contribution in [0, 0.1) is 6.92 Å². The number of nitrogens with zero attached hydrogens (tertiary/aromatic N) is 4. The number of hydrogen-bond donors (Lipinski definition) is 0. The molecule has 0 aliphatic rings. The standard InChI is InChI=1S/C19H17BrN4S/c1-4-25-17-14-6-5-13(20)8-12(14)10-21-16(17)19-23-15-7-11(2)9-22-18(15)24(19)3/h5-10H,4H2,1-3H3. The van der Waals surface area contributed by atoms with Gasteiger partial charge in [-0.1, -0.05) is 28.9 Å². The van der Waals surface area contributed by atoms with Crippen molar-refractivity contribution in [3.63, 3.8) is 0 Å². The van der Waals surface area contributed by atoms with Gasteiger partial charge in [-0.05, 0) is 41.8 Å². The first-order valence-corrected chi connectivity index (χ1v) is 9.87. The lowest BCUT2D eigenvalue weighted by Gasteiger charge is -2.11. The van der Waals surface area contributed by atoms with Crippen LogP contribution in [0.4, 0.5) is 0 Å². The minimum absolute atomic E-state index is 0.855. The third-order valence-corrected chi connectivity index (χ3v) is 5.64. The number of benzene rings is 1. The topological polar surface area (TPSA) is 43.6 Å². The van der Waals surface area contributed by atoms with Crippen molar-refractivity contribution in [2.45, 2.75) is 18.7 Å². The molecule has 1 aromatic carbocycles. The van der Waals surface area contributed by atoms with Crippen molar-refractivity contribution in [1.82, 2.24) is 19.5 Å². The molecule has 126 valence electrons. The largest absolute Gasteiger partial charge is 0.310 e. The van der Waals surface area contributed by atoms with Gasteiger partial charge in [0.2, 0.25) is 0 Å². The summed E-state index contributed by atoms with van der Waals surface area (Å²) >= 11 is 5.34. The van der Waals surface area contributed by atoms with Gasteiger partial charge in [0.05, 0.1) is 0 Å².